The highest BCUT2D eigenvalue weighted by Gasteiger charge is 2.34. The Kier molecular flexibility index (Phi) is 1.72. The van der Waals surface area contributed by atoms with Gasteiger partial charge in [-0.2, -0.15) is 4.79 Å². The number of carbonyl (C=O) groups is 1. The maximum atomic E-state index is 11.3. The molecule has 1 aliphatic rings. The minimum Gasteiger partial charge on any atom is -0.361 e. The molecule has 0 unspecified atom stereocenters. The van der Waals surface area contributed by atoms with Gasteiger partial charge in [0, 0.05) is 0 Å². The molecule has 14 heavy (non-hydrogen) atoms. The number of hydrogen-bond acceptors (Lipinski definition) is 1. The number of aryl methyl sites for hydroxylation is 2. The van der Waals surface area contributed by atoms with Gasteiger partial charge in [0.25, 0.3) is 0 Å². The van der Waals surface area contributed by atoms with Crippen molar-refractivity contribution in [3.05, 3.63) is 34.4 Å². The molecule has 0 saturated heterocycles. The van der Waals surface area contributed by atoms with Crippen LogP contribution < -0.4 is 5.32 Å². The fourth-order valence-corrected chi connectivity index (χ4v) is 1.71. The van der Waals surface area contributed by atoms with E-state index < -0.39 is 0 Å². The molecule has 0 atom stereocenters. The molecule has 1 amide bonds. The molecule has 0 aliphatic carbocycles. The largest absolute Gasteiger partial charge is 0.388 e. The van der Waals surface area contributed by atoms with Gasteiger partial charge < -0.3 is 10.8 Å². The zero-order valence-electron chi connectivity index (χ0n) is 7.96. The van der Waals surface area contributed by atoms with Crippen LogP contribution in [0, 0.1) is 13.8 Å². The average Bonchev–Trinajstić information content (AvgIpc) is 2.41. The first kappa shape index (κ1) is 8.66. The fraction of sp³-hybridized carbons (Fsp3) is 0.200. The summed E-state index contributed by atoms with van der Waals surface area (Å²) in [6.07, 6.45) is 0. The van der Waals surface area contributed by atoms with Gasteiger partial charge in [-0.3, -0.25) is 4.79 Å². The van der Waals surface area contributed by atoms with Gasteiger partial charge in [0.2, 0.25) is 0 Å². The van der Waals surface area contributed by atoms with Gasteiger partial charge in [0.05, 0.1) is 11.3 Å². The van der Waals surface area contributed by atoms with E-state index in [0.29, 0.717) is 5.56 Å². The standard InChI is InChI=1S/C10H9N3O/c1-5-3-6(2)8-7(4-5)9(13-11)10(14)12-8/h3-4H,1-2H3,(H,12,14). The molecule has 0 fully saturated rings. The topological polar surface area (TPSA) is 65.5 Å². The number of nitrogens with zero attached hydrogens (tertiary/aromatic N) is 2. The number of amides is 1. The van der Waals surface area contributed by atoms with Crippen LogP contribution in [0.2, 0.25) is 0 Å². The van der Waals surface area contributed by atoms with E-state index in [1.54, 1.807) is 0 Å². The molecular formula is C10H9N3O. The molecule has 0 radical (unpaired) electrons. The molecule has 1 aromatic carbocycles. The van der Waals surface area contributed by atoms with Crippen molar-refractivity contribution < 1.29 is 9.58 Å². The Morgan fingerprint density at radius 2 is 2.07 bits per heavy atom. The van der Waals surface area contributed by atoms with Crippen LogP contribution in [-0.4, -0.2) is 16.4 Å². The Balaban J connectivity index is 2.77. The Morgan fingerprint density at radius 3 is 2.71 bits per heavy atom. The first-order valence-corrected chi connectivity index (χ1v) is 4.28. The second kappa shape index (κ2) is 2.79. The maximum absolute atomic E-state index is 11.3. The minimum atomic E-state index is -0.351. The van der Waals surface area contributed by atoms with Crippen LogP contribution in [0.3, 0.4) is 0 Å². The van der Waals surface area contributed by atoms with Crippen molar-refractivity contribution in [1.82, 2.24) is 0 Å². The van der Waals surface area contributed by atoms with E-state index in [9.17, 15) is 4.79 Å². The molecule has 4 heteroatoms. The van der Waals surface area contributed by atoms with E-state index in [1.807, 2.05) is 26.0 Å². The molecule has 0 aromatic heterocycles. The van der Waals surface area contributed by atoms with Crippen molar-refractivity contribution in [2.24, 2.45) is 0 Å². The van der Waals surface area contributed by atoms with Crippen molar-refractivity contribution in [2.75, 3.05) is 5.32 Å². The summed E-state index contributed by atoms with van der Waals surface area (Å²) in [6, 6.07) is 3.80. The van der Waals surface area contributed by atoms with Crippen LogP contribution in [0.5, 0.6) is 0 Å². The van der Waals surface area contributed by atoms with Crippen molar-refractivity contribution in [3.8, 4) is 0 Å². The SMILES string of the molecule is Cc1cc(C)c2c(c1)C(=[N+]=[N-])C(=O)N2. The molecule has 2 rings (SSSR count). The maximum Gasteiger partial charge on any atom is 0.388 e. The van der Waals surface area contributed by atoms with E-state index in [2.05, 4.69) is 10.1 Å². The van der Waals surface area contributed by atoms with Crippen LogP contribution in [0.15, 0.2) is 12.1 Å². The van der Waals surface area contributed by atoms with Crippen molar-refractivity contribution >= 4 is 17.3 Å². The Bertz CT molecular complexity index is 484. The lowest BCUT2D eigenvalue weighted by Crippen LogP contribution is -2.14. The number of anilines is 1. The normalized spacial score (nSPS) is 13.6. The second-order valence-electron chi connectivity index (χ2n) is 3.41. The van der Waals surface area contributed by atoms with Crippen LogP contribution in [0.25, 0.3) is 5.53 Å². The summed E-state index contributed by atoms with van der Waals surface area (Å²) in [6.45, 7) is 3.84. The zero-order chi connectivity index (χ0) is 10.3. The van der Waals surface area contributed by atoms with E-state index in [1.165, 1.54) is 0 Å². The molecule has 0 saturated carbocycles. The quantitative estimate of drug-likeness (QED) is 0.482. The lowest BCUT2D eigenvalue weighted by Gasteiger charge is -2.02. The third-order valence-corrected chi connectivity index (χ3v) is 2.29. The van der Waals surface area contributed by atoms with Gasteiger partial charge in [-0.1, -0.05) is 6.07 Å². The number of benzene rings is 1. The van der Waals surface area contributed by atoms with Gasteiger partial charge in [0.1, 0.15) is 0 Å². The fourth-order valence-electron chi connectivity index (χ4n) is 1.71. The molecule has 70 valence electrons. The van der Waals surface area contributed by atoms with Crippen molar-refractivity contribution in [1.29, 1.82) is 0 Å². The minimum absolute atomic E-state index is 0.0896. The Morgan fingerprint density at radius 1 is 1.36 bits per heavy atom. The molecule has 1 aliphatic heterocycles. The predicted molar refractivity (Wildman–Crippen MR) is 52.3 cm³/mol. The first-order chi connectivity index (χ1) is 6.63. The van der Waals surface area contributed by atoms with Gasteiger partial charge in [-0.05, 0) is 31.0 Å². The number of carbonyl (C=O) groups excluding carboxylic acids is 1. The highest BCUT2D eigenvalue weighted by molar-refractivity contribution is 6.52. The number of nitrogens with one attached hydrogen (secondary N) is 1. The summed E-state index contributed by atoms with van der Waals surface area (Å²) < 4.78 is 0. The van der Waals surface area contributed by atoms with Gasteiger partial charge >= 0.3 is 11.6 Å². The van der Waals surface area contributed by atoms with Crippen molar-refractivity contribution in [3.63, 3.8) is 0 Å². The zero-order valence-corrected chi connectivity index (χ0v) is 7.96. The van der Waals surface area contributed by atoms with Crippen molar-refractivity contribution in [2.45, 2.75) is 13.8 Å². The lowest BCUT2D eigenvalue weighted by molar-refractivity contribution is -0.114. The first-order valence-electron chi connectivity index (χ1n) is 4.28. The summed E-state index contributed by atoms with van der Waals surface area (Å²) in [5.41, 5.74) is 12.2. The van der Waals surface area contributed by atoms with E-state index >= 15 is 0 Å². The average molecular weight is 187 g/mol. The van der Waals surface area contributed by atoms with Crippen LogP contribution >= 0.6 is 0 Å². The molecule has 1 N–H and O–H groups in total. The summed E-state index contributed by atoms with van der Waals surface area (Å²) in [5, 5.41) is 2.66. The predicted octanol–water partition coefficient (Wildman–Crippen LogP) is 1.27. The molecule has 4 nitrogen and oxygen atoms in total. The lowest BCUT2D eigenvalue weighted by atomic mass is 10.0. The number of hydrogen-bond donors (Lipinski definition) is 1. The van der Waals surface area contributed by atoms with Gasteiger partial charge in [-0.25, -0.2) is 0 Å². The van der Waals surface area contributed by atoms with Gasteiger partial charge in [-0.15, -0.1) is 0 Å². The third-order valence-electron chi connectivity index (χ3n) is 2.29. The van der Waals surface area contributed by atoms with Crippen LogP contribution in [0.1, 0.15) is 16.7 Å². The van der Waals surface area contributed by atoms with E-state index in [-0.39, 0.29) is 11.6 Å². The number of rotatable bonds is 0. The molecule has 0 bridgehead atoms. The highest BCUT2D eigenvalue weighted by Crippen LogP contribution is 2.27. The van der Waals surface area contributed by atoms with Crippen LogP contribution in [-0.2, 0) is 4.79 Å². The summed E-state index contributed by atoms with van der Waals surface area (Å²) >= 11 is 0. The summed E-state index contributed by atoms with van der Waals surface area (Å²) in [4.78, 5) is 14.3. The smallest absolute Gasteiger partial charge is 0.361 e. The molecule has 1 heterocycles. The second-order valence-corrected chi connectivity index (χ2v) is 3.41. The van der Waals surface area contributed by atoms with E-state index in [0.717, 1.165) is 16.8 Å². The highest BCUT2D eigenvalue weighted by atomic mass is 16.2. The Labute approximate surface area is 81.2 Å². The molecule has 1 aromatic rings. The Hall–Kier alpha value is -1.93. The summed E-state index contributed by atoms with van der Waals surface area (Å²) in [7, 11) is 0. The number of fused-ring (bicyclic) bond motifs is 1. The summed E-state index contributed by atoms with van der Waals surface area (Å²) in [5.74, 6) is -0.351. The van der Waals surface area contributed by atoms with Crippen LogP contribution in [0.4, 0.5) is 5.69 Å². The van der Waals surface area contributed by atoms with E-state index in [4.69, 9.17) is 5.53 Å². The molecular weight excluding hydrogens is 178 g/mol. The monoisotopic (exact) mass is 187 g/mol. The van der Waals surface area contributed by atoms with Gasteiger partial charge in [0.15, 0.2) is 0 Å². The molecule has 0 spiro atoms. The third kappa shape index (κ3) is 1.05.